The maximum atomic E-state index is 10.5. The van der Waals surface area contributed by atoms with Crippen LogP contribution in [0.25, 0.3) is 0 Å². The molecular formula is C14H24MnN2O6S2. The Hall–Kier alpha value is -0.901. The van der Waals surface area contributed by atoms with Crippen molar-refractivity contribution >= 4 is 47.3 Å². The molecule has 0 aromatic heterocycles. The van der Waals surface area contributed by atoms with Crippen molar-refractivity contribution in [3.63, 3.8) is 0 Å². The number of carboxylic acid groups (broad SMARTS) is 2. The summed E-state index contributed by atoms with van der Waals surface area (Å²) in [6.45, 7) is 2.57. The topological polar surface area (TPSA) is 138 Å². The van der Waals surface area contributed by atoms with E-state index in [1.807, 2.05) is 12.5 Å². The molecule has 1 radical (unpaired) electrons. The predicted molar refractivity (Wildman–Crippen MR) is 91.2 cm³/mol. The molecule has 0 rings (SSSR count). The van der Waals surface area contributed by atoms with Crippen molar-refractivity contribution in [2.75, 3.05) is 24.0 Å². The molecule has 0 unspecified atom stereocenters. The average Bonchev–Trinajstić information content (AvgIpc) is 2.47. The average molecular weight is 435 g/mol. The van der Waals surface area contributed by atoms with Crippen LogP contribution in [0.1, 0.15) is 26.7 Å². The van der Waals surface area contributed by atoms with Gasteiger partial charge in [-0.15, -0.1) is 0 Å². The van der Waals surface area contributed by atoms with E-state index in [4.69, 9.17) is 0 Å². The van der Waals surface area contributed by atoms with Crippen molar-refractivity contribution in [1.29, 1.82) is 0 Å². The van der Waals surface area contributed by atoms with Crippen molar-refractivity contribution in [2.45, 2.75) is 38.8 Å². The van der Waals surface area contributed by atoms with Crippen LogP contribution in [0.5, 0.6) is 0 Å². The first-order valence-corrected chi connectivity index (χ1v) is 9.88. The Bertz CT molecular complexity index is 388. The van der Waals surface area contributed by atoms with E-state index < -0.39 is 24.0 Å². The predicted octanol–water partition coefficient (Wildman–Crippen LogP) is -2.01. The first-order valence-electron chi connectivity index (χ1n) is 7.09. The molecule has 0 saturated heterocycles. The minimum Gasteiger partial charge on any atom is -0.548 e. The second-order valence-electron chi connectivity index (χ2n) is 4.71. The molecule has 0 spiro atoms. The van der Waals surface area contributed by atoms with Gasteiger partial charge in [-0.05, 0) is 36.9 Å². The fraction of sp³-hybridized carbons (Fsp3) is 0.714. The van der Waals surface area contributed by atoms with E-state index in [0.717, 1.165) is 0 Å². The minimum atomic E-state index is -1.22. The van der Waals surface area contributed by atoms with Crippen LogP contribution in [-0.2, 0) is 36.2 Å². The third-order valence-electron chi connectivity index (χ3n) is 2.55. The van der Waals surface area contributed by atoms with Crippen LogP contribution in [0.4, 0.5) is 0 Å². The number of aliphatic carboxylic acids is 2. The Morgan fingerprint density at radius 1 is 0.800 bits per heavy atom. The van der Waals surface area contributed by atoms with Crippen molar-refractivity contribution in [2.24, 2.45) is 0 Å². The normalized spacial score (nSPS) is 11.7. The molecule has 0 aliphatic rings. The van der Waals surface area contributed by atoms with E-state index in [1.165, 1.54) is 37.4 Å². The Kier molecular flexibility index (Phi) is 20.7. The molecular weight excluding hydrogens is 411 g/mol. The van der Waals surface area contributed by atoms with E-state index >= 15 is 0 Å². The van der Waals surface area contributed by atoms with Gasteiger partial charge in [0.05, 0.1) is 24.0 Å². The van der Waals surface area contributed by atoms with Crippen molar-refractivity contribution < 1.29 is 46.5 Å². The quantitative estimate of drug-likeness (QED) is 0.375. The second-order valence-corrected chi connectivity index (χ2v) is 6.68. The molecule has 2 amide bonds. The number of rotatable bonds is 10. The zero-order valence-electron chi connectivity index (χ0n) is 14.6. The molecule has 8 nitrogen and oxygen atoms in total. The smallest absolute Gasteiger partial charge is 0.548 e. The molecule has 2 atom stereocenters. The van der Waals surface area contributed by atoms with E-state index in [1.54, 1.807) is 0 Å². The van der Waals surface area contributed by atoms with Crippen LogP contribution in [0.15, 0.2) is 0 Å². The van der Waals surface area contributed by atoms with Gasteiger partial charge in [-0.1, -0.05) is 0 Å². The van der Waals surface area contributed by atoms with E-state index in [-0.39, 0.29) is 28.9 Å². The number of nitrogens with one attached hydrogen (secondary N) is 2. The molecule has 0 aliphatic heterocycles. The summed E-state index contributed by atoms with van der Waals surface area (Å²) >= 11 is 3.06. The van der Waals surface area contributed by atoms with E-state index in [9.17, 15) is 29.4 Å². The van der Waals surface area contributed by atoms with Gasteiger partial charge in [-0.25, -0.2) is 0 Å². The van der Waals surface area contributed by atoms with Gasteiger partial charge in [-0.2, -0.15) is 23.5 Å². The standard InChI is InChI=1S/2C7H13NO3S.Mn/c2*1-5(9)8-6(7(10)11)3-4-12-2;/h2*6H,3-4H2,1-2H3,(H,8,9)(H,10,11);/q;;+2/p-2/t2*6-;/m00./s1. The van der Waals surface area contributed by atoms with Gasteiger partial charge >= 0.3 is 17.1 Å². The maximum Gasteiger partial charge on any atom is 2.00 e. The molecule has 0 fully saturated rings. The van der Waals surface area contributed by atoms with Gasteiger partial charge in [0, 0.05) is 13.8 Å². The van der Waals surface area contributed by atoms with Crippen LogP contribution in [0.3, 0.4) is 0 Å². The van der Waals surface area contributed by atoms with Crippen LogP contribution in [0, 0.1) is 0 Å². The fourth-order valence-corrected chi connectivity index (χ4v) is 2.40. The Labute approximate surface area is 167 Å². The summed E-state index contributed by atoms with van der Waals surface area (Å²) in [5.41, 5.74) is 0. The first kappa shape index (κ1) is 28.9. The second kappa shape index (κ2) is 17.9. The summed E-state index contributed by atoms with van der Waals surface area (Å²) < 4.78 is 0. The number of hydrogen-bond donors (Lipinski definition) is 2. The summed E-state index contributed by atoms with van der Waals surface area (Å²) in [7, 11) is 0. The Balaban J connectivity index is -0.000000372. The molecule has 0 heterocycles. The Morgan fingerprint density at radius 2 is 1.08 bits per heavy atom. The summed E-state index contributed by atoms with van der Waals surface area (Å²) in [5.74, 6) is -1.74. The number of carbonyl (C=O) groups is 4. The third-order valence-corrected chi connectivity index (χ3v) is 3.83. The molecule has 145 valence electrons. The molecule has 0 aromatic rings. The number of thioether (sulfide) groups is 2. The van der Waals surface area contributed by atoms with Crippen LogP contribution in [-0.4, -0.2) is 59.9 Å². The van der Waals surface area contributed by atoms with Gasteiger partial charge in [0.15, 0.2) is 0 Å². The Morgan fingerprint density at radius 3 is 1.24 bits per heavy atom. The maximum absolute atomic E-state index is 10.5. The number of amides is 2. The molecule has 0 bridgehead atoms. The number of hydrogen-bond acceptors (Lipinski definition) is 8. The molecule has 2 N–H and O–H groups in total. The minimum absolute atomic E-state index is 0. The van der Waals surface area contributed by atoms with Gasteiger partial charge < -0.3 is 30.4 Å². The number of carbonyl (C=O) groups excluding carboxylic acids is 4. The largest absolute Gasteiger partial charge is 2.00 e. The van der Waals surface area contributed by atoms with Crippen molar-refractivity contribution in [3.05, 3.63) is 0 Å². The molecule has 11 heteroatoms. The van der Waals surface area contributed by atoms with Gasteiger partial charge in [-0.3, -0.25) is 9.59 Å². The van der Waals surface area contributed by atoms with Crippen LogP contribution >= 0.6 is 23.5 Å². The third kappa shape index (κ3) is 19.3. The molecule has 0 aliphatic carbocycles. The summed E-state index contributed by atoms with van der Waals surface area (Å²) in [4.78, 5) is 41.8. The molecule has 25 heavy (non-hydrogen) atoms. The van der Waals surface area contributed by atoms with Gasteiger partial charge in [0.2, 0.25) is 11.8 Å². The molecule has 0 aromatic carbocycles. The SMILES string of the molecule is CSCC[C@H](NC(C)=O)C(=O)[O-].CSCC[C@H](NC(C)=O)C(=O)[O-].[Mn+2]. The zero-order valence-corrected chi connectivity index (χ0v) is 17.4. The van der Waals surface area contributed by atoms with E-state index in [2.05, 4.69) is 10.6 Å². The van der Waals surface area contributed by atoms with Gasteiger partial charge in [0.25, 0.3) is 0 Å². The zero-order chi connectivity index (χ0) is 19.1. The summed E-state index contributed by atoms with van der Waals surface area (Å²) in [5, 5.41) is 25.4. The number of carboxylic acids is 2. The monoisotopic (exact) mass is 435 g/mol. The van der Waals surface area contributed by atoms with Crippen molar-refractivity contribution in [3.8, 4) is 0 Å². The van der Waals surface area contributed by atoms with Crippen molar-refractivity contribution in [1.82, 2.24) is 10.6 Å². The molecule has 0 saturated carbocycles. The fourth-order valence-electron chi connectivity index (χ4n) is 1.46. The van der Waals surface area contributed by atoms with Crippen LogP contribution < -0.4 is 20.8 Å². The first-order chi connectivity index (χ1) is 11.1. The van der Waals surface area contributed by atoms with Crippen LogP contribution in [0.2, 0.25) is 0 Å². The van der Waals surface area contributed by atoms with Gasteiger partial charge in [0.1, 0.15) is 0 Å². The van der Waals surface area contributed by atoms with E-state index in [0.29, 0.717) is 24.3 Å². The summed E-state index contributed by atoms with van der Waals surface area (Å²) in [6.07, 6.45) is 4.56. The summed E-state index contributed by atoms with van der Waals surface area (Å²) in [6, 6.07) is -1.70.